The Labute approximate surface area is 235 Å². The van der Waals surface area contributed by atoms with E-state index in [0.29, 0.717) is 53.2 Å². The first-order valence-electron chi connectivity index (χ1n) is 13.2. The third-order valence-corrected chi connectivity index (χ3v) is 6.75. The molecule has 0 aliphatic rings. The number of nitrogens with zero attached hydrogens (tertiary/aromatic N) is 3. The second-order valence-electron chi connectivity index (χ2n) is 11.0. The Kier molecular flexibility index (Phi) is 8.78. The summed E-state index contributed by atoms with van der Waals surface area (Å²) in [6.45, 7) is 7.18. The number of aromatic nitrogens is 2. The molecule has 0 saturated heterocycles. The number of anilines is 1. The zero-order chi connectivity index (χ0) is 28.2. The van der Waals surface area contributed by atoms with Crippen molar-refractivity contribution in [1.82, 2.24) is 14.6 Å². The molecule has 0 bridgehead atoms. The van der Waals surface area contributed by atoms with Crippen LogP contribution in [0.3, 0.4) is 0 Å². The van der Waals surface area contributed by atoms with Gasteiger partial charge in [-0.15, -0.1) is 0 Å². The van der Waals surface area contributed by atoms with Crippen LogP contribution < -0.4 is 22.2 Å². The number of rotatable bonds is 9. The monoisotopic (exact) mass is 543 g/mol. The van der Waals surface area contributed by atoms with E-state index in [1.807, 2.05) is 67.3 Å². The zero-order valence-corrected chi connectivity index (χ0v) is 23.7. The third-order valence-electron chi connectivity index (χ3n) is 6.51. The first kappa shape index (κ1) is 28.4. The summed E-state index contributed by atoms with van der Waals surface area (Å²) in [5.41, 5.74) is 11.6. The van der Waals surface area contributed by atoms with E-state index in [1.54, 1.807) is 18.2 Å². The quantitative estimate of drug-likeness (QED) is 0.309. The van der Waals surface area contributed by atoms with Gasteiger partial charge in [0.25, 0.3) is 11.5 Å². The van der Waals surface area contributed by atoms with E-state index < -0.39 is 6.04 Å². The lowest BCUT2D eigenvalue weighted by Gasteiger charge is -2.36. The lowest BCUT2D eigenvalue weighted by molar-refractivity contribution is 0.0609. The van der Waals surface area contributed by atoms with E-state index in [0.717, 1.165) is 11.2 Å². The smallest absolute Gasteiger partial charge is 0.280 e. The summed E-state index contributed by atoms with van der Waals surface area (Å²) in [6.07, 6.45) is 1.16. The number of hydrogen-bond acceptors (Lipinski definition) is 5. The Balaban J connectivity index is 1.96. The second kappa shape index (κ2) is 12.1. The lowest BCUT2D eigenvalue weighted by Crippen LogP contribution is -2.43. The highest BCUT2D eigenvalue weighted by Crippen LogP contribution is 2.35. The minimum Gasteiger partial charge on any atom is -0.330 e. The number of hydrogen-bond donors (Lipinski definition) is 2. The van der Waals surface area contributed by atoms with Crippen LogP contribution >= 0.6 is 11.6 Å². The number of para-hydroxylation sites is 1. The van der Waals surface area contributed by atoms with E-state index in [-0.39, 0.29) is 16.9 Å². The summed E-state index contributed by atoms with van der Waals surface area (Å²) in [7, 11) is 1.99. The van der Waals surface area contributed by atoms with E-state index in [1.165, 1.54) is 4.68 Å². The fourth-order valence-corrected chi connectivity index (χ4v) is 4.76. The molecule has 3 N–H and O–H groups in total. The summed E-state index contributed by atoms with van der Waals surface area (Å²) in [4.78, 5) is 34.8. The van der Waals surface area contributed by atoms with Gasteiger partial charge in [-0.3, -0.25) is 15.0 Å². The minimum atomic E-state index is -0.530. The van der Waals surface area contributed by atoms with Gasteiger partial charge in [0.05, 0.1) is 22.6 Å². The van der Waals surface area contributed by atoms with Crippen LogP contribution in [-0.4, -0.2) is 41.4 Å². The first-order valence-corrected chi connectivity index (χ1v) is 13.6. The molecule has 0 aliphatic heterocycles. The standard InChI is InChI=1S/C30H35BClN5O2/c1-30(2,3)19-26(36(17-7-16-33)28(38)20-10-12-21(31)13-11-20)27-34-25-18-22(32)14-15-24(25)29(39)37(27)35-23-8-5-4-6-9-23/h4-6,8-15,18,26,35H,7,16-17,19,31,33H2,1-3H3. The molecule has 0 fully saturated rings. The van der Waals surface area contributed by atoms with E-state index >= 15 is 0 Å². The molecule has 3 aromatic carbocycles. The molecule has 4 aromatic rings. The minimum absolute atomic E-state index is 0.135. The molecule has 0 aliphatic carbocycles. The second-order valence-corrected chi connectivity index (χ2v) is 11.5. The number of nitrogens with two attached hydrogens (primary N) is 1. The Bertz CT molecular complexity index is 1500. The number of carbonyl (C=O) groups excluding carboxylic acids is 1. The Morgan fingerprint density at radius 1 is 1.10 bits per heavy atom. The number of nitrogens with one attached hydrogen (secondary N) is 1. The van der Waals surface area contributed by atoms with Gasteiger partial charge >= 0.3 is 0 Å². The SMILES string of the molecule is Bc1ccc(C(=O)N(CCCN)C(CC(C)(C)C)c2nc3cc(Cl)ccc3c(=O)n2Nc2ccccc2)cc1. The van der Waals surface area contributed by atoms with Gasteiger partial charge < -0.3 is 10.6 Å². The number of amides is 1. The van der Waals surface area contributed by atoms with Crippen molar-refractivity contribution in [1.29, 1.82) is 0 Å². The van der Waals surface area contributed by atoms with Crippen molar-refractivity contribution in [2.24, 2.45) is 11.1 Å². The van der Waals surface area contributed by atoms with Crippen molar-refractivity contribution in [3.8, 4) is 0 Å². The predicted octanol–water partition coefficient (Wildman–Crippen LogP) is 4.15. The van der Waals surface area contributed by atoms with Gasteiger partial charge in [0, 0.05) is 17.1 Å². The molecule has 4 rings (SSSR count). The largest absolute Gasteiger partial charge is 0.330 e. The number of carbonyl (C=O) groups is 1. The van der Waals surface area contributed by atoms with Crippen molar-refractivity contribution < 1.29 is 4.79 Å². The van der Waals surface area contributed by atoms with Gasteiger partial charge in [0.1, 0.15) is 7.85 Å². The van der Waals surface area contributed by atoms with Gasteiger partial charge in [-0.1, -0.05) is 80.3 Å². The molecule has 0 radical (unpaired) electrons. The van der Waals surface area contributed by atoms with Crippen LogP contribution in [0, 0.1) is 5.41 Å². The fourth-order valence-electron chi connectivity index (χ4n) is 4.59. The molecule has 9 heteroatoms. The summed E-state index contributed by atoms with van der Waals surface area (Å²) < 4.78 is 1.47. The Morgan fingerprint density at radius 2 is 1.79 bits per heavy atom. The summed E-state index contributed by atoms with van der Waals surface area (Å²) >= 11 is 6.31. The van der Waals surface area contributed by atoms with Crippen molar-refractivity contribution in [3.05, 3.63) is 99.6 Å². The topological polar surface area (TPSA) is 93.2 Å². The van der Waals surface area contributed by atoms with Crippen LogP contribution in [0.15, 0.2) is 77.6 Å². The molecule has 39 heavy (non-hydrogen) atoms. The van der Waals surface area contributed by atoms with E-state index in [9.17, 15) is 9.59 Å². The van der Waals surface area contributed by atoms with Gasteiger partial charge in [0.2, 0.25) is 0 Å². The summed E-state index contributed by atoms with van der Waals surface area (Å²) in [6, 6.07) is 21.5. The molecule has 1 atom stereocenters. The van der Waals surface area contributed by atoms with Crippen molar-refractivity contribution >= 4 is 47.4 Å². The number of halogens is 1. The third kappa shape index (κ3) is 6.88. The predicted molar refractivity (Wildman–Crippen MR) is 163 cm³/mol. The van der Waals surface area contributed by atoms with Crippen LogP contribution in [0.25, 0.3) is 10.9 Å². The lowest BCUT2D eigenvalue weighted by atomic mass is 9.86. The molecule has 1 amide bonds. The molecule has 7 nitrogen and oxygen atoms in total. The van der Waals surface area contributed by atoms with E-state index in [4.69, 9.17) is 22.3 Å². The van der Waals surface area contributed by atoms with Gasteiger partial charge in [-0.05, 0) is 55.1 Å². The molecule has 0 spiro atoms. The molecule has 1 unspecified atom stereocenters. The highest BCUT2D eigenvalue weighted by Gasteiger charge is 2.33. The average molecular weight is 544 g/mol. The van der Waals surface area contributed by atoms with Crippen LogP contribution in [0.2, 0.25) is 5.02 Å². The van der Waals surface area contributed by atoms with Crippen LogP contribution in [0.1, 0.15) is 55.8 Å². The molecule has 1 heterocycles. The van der Waals surface area contributed by atoms with Crippen molar-refractivity contribution in [2.45, 2.75) is 39.7 Å². The zero-order valence-electron chi connectivity index (χ0n) is 22.9. The van der Waals surface area contributed by atoms with E-state index in [2.05, 4.69) is 26.2 Å². The average Bonchev–Trinajstić information content (AvgIpc) is 2.90. The van der Waals surface area contributed by atoms with Crippen LogP contribution in [0.5, 0.6) is 0 Å². The van der Waals surface area contributed by atoms with Gasteiger partial charge in [-0.25, -0.2) is 9.66 Å². The van der Waals surface area contributed by atoms with Crippen LogP contribution in [0.4, 0.5) is 5.69 Å². The molecule has 202 valence electrons. The Hall–Kier alpha value is -3.62. The number of benzene rings is 3. The fraction of sp³-hybridized carbons (Fsp3) is 0.300. The van der Waals surface area contributed by atoms with Crippen LogP contribution in [-0.2, 0) is 0 Å². The highest BCUT2D eigenvalue weighted by molar-refractivity contribution is 6.32. The summed E-state index contributed by atoms with van der Waals surface area (Å²) in [5, 5.41) is 0.914. The van der Waals surface area contributed by atoms with Crippen molar-refractivity contribution in [3.63, 3.8) is 0 Å². The molecule has 1 aromatic heterocycles. The highest BCUT2D eigenvalue weighted by atomic mass is 35.5. The molecular weight excluding hydrogens is 509 g/mol. The van der Waals surface area contributed by atoms with Gasteiger partial charge in [-0.2, -0.15) is 0 Å². The van der Waals surface area contributed by atoms with Crippen molar-refractivity contribution in [2.75, 3.05) is 18.5 Å². The normalized spacial score (nSPS) is 12.3. The number of fused-ring (bicyclic) bond motifs is 1. The molecular formula is C30H35BClN5O2. The maximum atomic E-state index is 14.1. The molecule has 0 saturated carbocycles. The first-order chi connectivity index (χ1) is 18.6. The van der Waals surface area contributed by atoms with Gasteiger partial charge in [0.15, 0.2) is 5.82 Å². The summed E-state index contributed by atoms with van der Waals surface area (Å²) in [5.74, 6) is 0.301. The Morgan fingerprint density at radius 3 is 2.44 bits per heavy atom. The maximum Gasteiger partial charge on any atom is 0.280 e. The maximum absolute atomic E-state index is 14.1.